The van der Waals surface area contributed by atoms with Crippen LogP contribution >= 0.6 is 11.6 Å². The van der Waals surface area contributed by atoms with Crippen molar-refractivity contribution in [2.75, 3.05) is 13.6 Å². The van der Waals surface area contributed by atoms with Crippen LogP contribution in [0.2, 0.25) is 0 Å². The van der Waals surface area contributed by atoms with E-state index in [-0.39, 0.29) is 12.2 Å². The van der Waals surface area contributed by atoms with E-state index in [0.29, 0.717) is 36.9 Å². The Balaban J connectivity index is 2.19. The molecular weight excluding hydrogens is 293 g/mol. The van der Waals surface area contributed by atoms with Gasteiger partial charge >= 0.3 is 6.18 Å². The third kappa shape index (κ3) is 3.32. The summed E-state index contributed by atoms with van der Waals surface area (Å²) in [6, 6.07) is 0. The summed E-state index contributed by atoms with van der Waals surface area (Å²) in [6.45, 7) is 4.96. The summed E-state index contributed by atoms with van der Waals surface area (Å²) >= 11 is 5.71. The molecular formula is C12H16ClF3N4. The molecule has 0 radical (unpaired) electrons. The fourth-order valence-corrected chi connectivity index (χ4v) is 2.65. The van der Waals surface area contributed by atoms with Gasteiger partial charge in [0.05, 0.1) is 6.54 Å². The molecule has 0 saturated carbocycles. The second-order valence-corrected chi connectivity index (χ2v) is 5.59. The first-order valence-corrected chi connectivity index (χ1v) is 6.67. The van der Waals surface area contributed by atoms with Crippen LogP contribution in [0.5, 0.6) is 0 Å². The first kappa shape index (κ1) is 15.3. The zero-order valence-corrected chi connectivity index (χ0v) is 11.9. The van der Waals surface area contributed by atoms with Gasteiger partial charge < -0.3 is 4.57 Å². The van der Waals surface area contributed by atoms with Gasteiger partial charge in [-0.1, -0.05) is 18.2 Å². The number of nitrogens with zero attached hydrogens (tertiary/aromatic N) is 4. The molecule has 1 atom stereocenters. The Morgan fingerprint density at radius 3 is 2.80 bits per heavy atom. The molecule has 0 bridgehead atoms. The number of rotatable bonds is 4. The summed E-state index contributed by atoms with van der Waals surface area (Å²) in [6.07, 6.45) is -3.71. The van der Waals surface area contributed by atoms with Crippen LogP contribution in [-0.4, -0.2) is 39.4 Å². The van der Waals surface area contributed by atoms with Crippen LogP contribution in [-0.2, 0) is 13.1 Å². The van der Waals surface area contributed by atoms with Gasteiger partial charge in [-0.05, 0) is 19.9 Å². The fraction of sp³-hybridized carbons (Fsp3) is 0.667. The first-order valence-electron chi connectivity index (χ1n) is 6.29. The molecule has 0 aliphatic carbocycles. The molecule has 0 saturated heterocycles. The minimum atomic E-state index is -4.27. The average molecular weight is 309 g/mol. The van der Waals surface area contributed by atoms with E-state index in [1.54, 1.807) is 11.6 Å². The summed E-state index contributed by atoms with van der Waals surface area (Å²) in [5.41, 5.74) is 0. The molecule has 112 valence electrons. The number of alkyl halides is 3. The van der Waals surface area contributed by atoms with Crippen LogP contribution in [0.15, 0.2) is 11.6 Å². The molecule has 0 aromatic carbocycles. The molecule has 1 aliphatic rings. The van der Waals surface area contributed by atoms with E-state index < -0.39 is 12.1 Å². The highest BCUT2D eigenvalue weighted by Gasteiger charge is 2.45. The molecule has 1 aliphatic heterocycles. The zero-order valence-electron chi connectivity index (χ0n) is 11.1. The van der Waals surface area contributed by atoms with E-state index in [0.717, 1.165) is 0 Å². The normalized spacial score (nSPS) is 19.2. The van der Waals surface area contributed by atoms with Crippen LogP contribution < -0.4 is 0 Å². The lowest BCUT2D eigenvalue weighted by Crippen LogP contribution is -2.29. The van der Waals surface area contributed by atoms with E-state index in [9.17, 15) is 13.2 Å². The quantitative estimate of drug-likeness (QED) is 0.857. The van der Waals surface area contributed by atoms with Crippen molar-refractivity contribution in [3.8, 4) is 0 Å². The smallest absolute Gasteiger partial charge is 0.313 e. The number of halogens is 4. The Morgan fingerprint density at radius 1 is 1.50 bits per heavy atom. The second kappa shape index (κ2) is 5.73. The Bertz CT molecular complexity index is 497. The summed E-state index contributed by atoms with van der Waals surface area (Å²) in [5.74, 6) is -0.947. The molecule has 0 amide bonds. The van der Waals surface area contributed by atoms with Gasteiger partial charge in [0.1, 0.15) is 17.6 Å². The van der Waals surface area contributed by atoms with Crippen LogP contribution in [0, 0.1) is 0 Å². The zero-order chi connectivity index (χ0) is 14.9. The molecule has 4 nitrogen and oxygen atoms in total. The van der Waals surface area contributed by atoms with Gasteiger partial charge in [-0.25, -0.2) is 0 Å². The average Bonchev–Trinajstić information content (AvgIpc) is 2.70. The molecule has 0 spiro atoms. The largest absolute Gasteiger partial charge is 0.398 e. The predicted molar refractivity (Wildman–Crippen MR) is 69.4 cm³/mol. The molecule has 20 heavy (non-hydrogen) atoms. The highest BCUT2D eigenvalue weighted by molar-refractivity contribution is 6.29. The van der Waals surface area contributed by atoms with Crippen LogP contribution in [0.3, 0.4) is 0 Å². The molecule has 1 unspecified atom stereocenters. The molecule has 2 heterocycles. The van der Waals surface area contributed by atoms with Gasteiger partial charge in [0.2, 0.25) is 0 Å². The Labute approximate surface area is 120 Å². The van der Waals surface area contributed by atoms with Gasteiger partial charge in [-0.2, -0.15) is 13.2 Å². The minimum Gasteiger partial charge on any atom is -0.313 e. The van der Waals surface area contributed by atoms with Crippen LogP contribution in [0.4, 0.5) is 13.2 Å². The second-order valence-electron chi connectivity index (χ2n) is 5.05. The van der Waals surface area contributed by atoms with Gasteiger partial charge in [0.25, 0.3) is 0 Å². The maximum Gasteiger partial charge on any atom is 0.398 e. The Hall–Kier alpha value is -1.08. The highest BCUT2D eigenvalue weighted by Crippen LogP contribution is 2.40. The van der Waals surface area contributed by atoms with E-state index >= 15 is 0 Å². The van der Waals surface area contributed by atoms with Crippen molar-refractivity contribution in [2.24, 2.45) is 0 Å². The van der Waals surface area contributed by atoms with Crippen molar-refractivity contribution < 1.29 is 13.2 Å². The van der Waals surface area contributed by atoms with Crippen molar-refractivity contribution in [1.29, 1.82) is 0 Å². The minimum absolute atomic E-state index is 0.0249. The molecule has 0 fully saturated rings. The van der Waals surface area contributed by atoms with Crippen molar-refractivity contribution in [1.82, 2.24) is 19.7 Å². The highest BCUT2D eigenvalue weighted by atomic mass is 35.5. The number of fused-ring (bicyclic) bond motifs is 1. The number of hydrogen-bond donors (Lipinski definition) is 0. The molecule has 2 rings (SSSR count). The lowest BCUT2D eigenvalue weighted by Gasteiger charge is -2.26. The topological polar surface area (TPSA) is 34.0 Å². The first-order chi connectivity index (χ1) is 9.29. The predicted octanol–water partition coefficient (Wildman–Crippen LogP) is 2.90. The maximum atomic E-state index is 12.9. The molecule has 8 heteroatoms. The summed E-state index contributed by atoms with van der Waals surface area (Å²) in [5, 5.41) is 8.13. The van der Waals surface area contributed by atoms with Crippen LogP contribution in [0.1, 0.15) is 30.4 Å². The SMILES string of the molecule is C=C(Cl)CN(C)Cc1nnc2n1CCCC2C(F)(F)F. The summed E-state index contributed by atoms with van der Waals surface area (Å²) in [7, 11) is 1.80. The summed E-state index contributed by atoms with van der Waals surface area (Å²) in [4.78, 5) is 1.84. The van der Waals surface area contributed by atoms with Crippen molar-refractivity contribution in [3.05, 3.63) is 23.3 Å². The maximum absolute atomic E-state index is 12.9. The van der Waals surface area contributed by atoms with Crippen molar-refractivity contribution in [2.45, 2.75) is 38.0 Å². The lowest BCUT2D eigenvalue weighted by atomic mass is 9.98. The van der Waals surface area contributed by atoms with Gasteiger partial charge in [0, 0.05) is 18.1 Å². The van der Waals surface area contributed by atoms with E-state index in [1.165, 1.54) is 0 Å². The third-order valence-corrected chi connectivity index (χ3v) is 3.41. The Morgan fingerprint density at radius 2 is 2.20 bits per heavy atom. The van der Waals surface area contributed by atoms with Gasteiger partial charge in [-0.3, -0.25) is 4.90 Å². The lowest BCUT2D eigenvalue weighted by molar-refractivity contribution is -0.156. The van der Waals surface area contributed by atoms with Crippen LogP contribution in [0.25, 0.3) is 0 Å². The fourth-order valence-electron chi connectivity index (χ4n) is 2.45. The summed E-state index contributed by atoms with van der Waals surface area (Å²) < 4.78 is 40.4. The van der Waals surface area contributed by atoms with Gasteiger partial charge in [-0.15, -0.1) is 10.2 Å². The van der Waals surface area contributed by atoms with Crippen molar-refractivity contribution >= 4 is 11.6 Å². The monoisotopic (exact) mass is 308 g/mol. The van der Waals surface area contributed by atoms with Gasteiger partial charge in [0.15, 0.2) is 0 Å². The van der Waals surface area contributed by atoms with E-state index in [2.05, 4.69) is 16.8 Å². The van der Waals surface area contributed by atoms with Crippen molar-refractivity contribution in [3.63, 3.8) is 0 Å². The Kier molecular flexibility index (Phi) is 4.39. The van der Waals surface area contributed by atoms with E-state index in [4.69, 9.17) is 11.6 Å². The van der Waals surface area contributed by atoms with E-state index in [1.807, 2.05) is 4.90 Å². The third-order valence-electron chi connectivity index (χ3n) is 3.29. The molecule has 1 aromatic rings. The number of aromatic nitrogens is 3. The standard InChI is InChI=1S/C12H16ClF3N4/c1-8(13)6-19(2)7-10-17-18-11-9(12(14,15)16)4-3-5-20(10)11/h9H,1,3-7H2,2H3. The molecule has 1 aromatic heterocycles. The number of likely N-dealkylation sites (N-methyl/N-ethyl adjacent to an activating group) is 1. The number of hydrogen-bond acceptors (Lipinski definition) is 3. The molecule has 0 N–H and O–H groups in total.